The Kier molecular flexibility index (Phi) is 7.14. The molecule has 0 saturated carbocycles. The van der Waals surface area contributed by atoms with Gasteiger partial charge in [0.05, 0.1) is 17.9 Å². The number of para-hydroxylation sites is 1. The monoisotopic (exact) mass is 444 g/mol. The van der Waals surface area contributed by atoms with Crippen molar-refractivity contribution in [3.05, 3.63) is 52.6 Å². The number of pyridine rings is 1. The number of aliphatic imine (C=N–C) groups is 1. The predicted octanol–water partition coefficient (Wildman–Crippen LogP) is 3.24. The lowest BCUT2D eigenvalue weighted by atomic mass is 10.2. The van der Waals surface area contributed by atoms with Gasteiger partial charge in [0.25, 0.3) is 0 Å². The van der Waals surface area contributed by atoms with Crippen LogP contribution in [0.3, 0.4) is 0 Å². The number of rotatable bonds is 6. The molecule has 1 aliphatic rings. The van der Waals surface area contributed by atoms with Crippen molar-refractivity contribution in [2.45, 2.75) is 25.9 Å². The quantitative estimate of drug-likeness (QED) is 0.528. The molecule has 1 unspecified atom stereocenters. The van der Waals surface area contributed by atoms with E-state index >= 15 is 0 Å². The van der Waals surface area contributed by atoms with Gasteiger partial charge in [0, 0.05) is 44.2 Å². The van der Waals surface area contributed by atoms with Crippen molar-refractivity contribution < 1.29 is 0 Å². The van der Waals surface area contributed by atoms with Gasteiger partial charge in [-0.2, -0.15) is 0 Å². The smallest absolute Gasteiger partial charge is 0.191 e. The summed E-state index contributed by atoms with van der Waals surface area (Å²) in [5.74, 6) is 1.80. The van der Waals surface area contributed by atoms with Crippen LogP contribution in [0.2, 0.25) is 0 Å². The second-order valence-corrected chi connectivity index (χ2v) is 7.96. The summed E-state index contributed by atoms with van der Waals surface area (Å²) in [4.78, 5) is 13.8. The minimum absolute atomic E-state index is 0.367. The molecule has 0 bridgehead atoms. The summed E-state index contributed by atoms with van der Waals surface area (Å²) in [6, 6.07) is 14.8. The summed E-state index contributed by atoms with van der Waals surface area (Å²) in [5, 5.41) is 6.94. The third-order valence-corrected chi connectivity index (χ3v) is 5.39. The number of anilines is 2. The standard InChI is InChI=1S/C21H29BrN6/c1-4-23-21(24-14-16-8-7-11-20(25-16)27(2)3)26-17-12-13-28(15-17)19-10-6-5-9-18(19)22/h5-11,17H,4,12-15H2,1-3H3,(H2,23,24,26). The molecule has 7 heteroatoms. The fourth-order valence-electron chi connectivity index (χ4n) is 3.28. The molecule has 28 heavy (non-hydrogen) atoms. The molecular formula is C21H29BrN6. The molecule has 0 radical (unpaired) electrons. The SMILES string of the molecule is CCNC(=NCc1cccc(N(C)C)n1)NC1CCN(c2ccccc2Br)C1. The number of hydrogen-bond acceptors (Lipinski definition) is 4. The lowest BCUT2D eigenvalue weighted by molar-refractivity contribution is 0.648. The molecule has 1 aliphatic heterocycles. The number of nitrogens with one attached hydrogen (secondary N) is 2. The molecule has 2 N–H and O–H groups in total. The molecule has 2 aromatic rings. The molecule has 0 spiro atoms. The minimum atomic E-state index is 0.367. The maximum atomic E-state index is 4.75. The number of hydrogen-bond donors (Lipinski definition) is 2. The first-order valence-corrected chi connectivity index (χ1v) is 10.5. The van der Waals surface area contributed by atoms with Gasteiger partial charge < -0.3 is 20.4 Å². The molecular weight excluding hydrogens is 416 g/mol. The highest BCUT2D eigenvalue weighted by Crippen LogP contribution is 2.28. The number of nitrogens with zero attached hydrogens (tertiary/aromatic N) is 4. The van der Waals surface area contributed by atoms with Crippen molar-refractivity contribution in [1.82, 2.24) is 15.6 Å². The molecule has 0 aliphatic carbocycles. The topological polar surface area (TPSA) is 55.8 Å². The van der Waals surface area contributed by atoms with Crippen molar-refractivity contribution in [1.29, 1.82) is 0 Å². The van der Waals surface area contributed by atoms with Gasteiger partial charge in [-0.15, -0.1) is 0 Å². The van der Waals surface area contributed by atoms with Crippen LogP contribution in [0, 0.1) is 0 Å². The zero-order valence-corrected chi connectivity index (χ0v) is 18.4. The fourth-order valence-corrected chi connectivity index (χ4v) is 3.82. The summed E-state index contributed by atoms with van der Waals surface area (Å²) in [6.45, 7) is 5.47. The second-order valence-electron chi connectivity index (χ2n) is 7.10. The molecule has 0 amide bonds. The van der Waals surface area contributed by atoms with Crippen LogP contribution in [0.5, 0.6) is 0 Å². The van der Waals surface area contributed by atoms with Crippen molar-refractivity contribution in [2.75, 3.05) is 43.5 Å². The Labute approximate surface area is 176 Å². The Morgan fingerprint density at radius 2 is 2.07 bits per heavy atom. The summed E-state index contributed by atoms with van der Waals surface area (Å²) in [7, 11) is 4.00. The van der Waals surface area contributed by atoms with Gasteiger partial charge in [0.1, 0.15) is 5.82 Å². The Bertz CT molecular complexity index is 807. The first-order chi connectivity index (χ1) is 13.6. The maximum absolute atomic E-state index is 4.75. The van der Waals surface area contributed by atoms with E-state index in [4.69, 9.17) is 4.99 Å². The van der Waals surface area contributed by atoms with Crippen molar-refractivity contribution in [2.24, 2.45) is 4.99 Å². The van der Waals surface area contributed by atoms with Gasteiger partial charge in [-0.05, 0) is 53.5 Å². The highest BCUT2D eigenvalue weighted by molar-refractivity contribution is 9.10. The van der Waals surface area contributed by atoms with Gasteiger partial charge in [-0.25, -0.2) is 9.98 Å². The first-order valence-electron chi connectivity index (χ1n) is 9.74. The van der Waals surface area contributed by atoms with Crippen LogP contribution in [-0.4, -0.2) is 50.7 Å². The average Bonchev–Trinajstić information content (AvgIpc) is 3.15. The van der Waals surface area contributed by atoms with E-state index in [0.717, 1.165) is 48.0 Å². The minimum Gasteiger partial charge on any atom is -0.368 e. The van der Waals surface area contributed by atoms with Crippen LogP contribution in [0.25, 0.3) is 0 Å². The number of benzene rings is 1. The highest BCUT2D eigenvalue weighted by Gasteiger charge is 2.24. The summed E-state index contributed by atoms with van der Waals surface area (Å²) in [5.41, 5.74) is 2.21. The first kappa shape index (κ1) is 20.5. The van der Waals surface area contributed by atoms with E-state index in [1.807, 2.05) is 37.2 Å². The summed E-state index contributed by atoms with van der Waals surface area (Å²) in [6.07, 6.45) is 1.08. The lowest BCUT2D eigenvalue weighted by Crippen LogP contribution is -2.44. The maximum Gasteiger partial charge on any atom is 0.191 e. The predicted molar refractivity (Wildman–Crippen MR) is 121 cm³/mol. The largest absolute Gasteiger partial charge is 0.368 e. The summed E-state index contributed by atoms with van der Waals surface area (Å²) < 4.78 is 1.14. The van der Waals surface area contributed by atoms with Gasteiger partial charge in [-0.1, -0.05) is 18.2 Å². The van der Waals surface area contributed by atoms with Gasteiger partial charge in [0.2, 0.25) is 0 Å². The molecule has 150 valence electrons. The van der Waals surface area contributed by atoms with E-state index < -0.39 is 0 Å². The second kappa shape index (κ2) is 9.78. The van der Waals surface area contributed by atoms with Crippen LogP contribution in [0.1, 0.15) is 19.0 Å². The highest BCUT2D eigenvalue weighted by atomic mass is 79.9. The Morgan fingerprint density at radius 1 is 1.25 bits per heavy atom. The van der Waals surface area contributed by atoms with Crippen LogP contribution in [0.4, 0.5) is 11.5 Å². The zero-order valence-electron chi connectivity index (χ0n) is 16.8. The third-order valence-electron chi connectivity index (χ3n) is 4.72. The van der Waals surface area contributed by atoms with E-state index in [0.29, 0.717) is 12.6 Å². The van der Waals surface area contributed by atoms with Crippen molar-refractivity contribution >= 4 is 33.4 Å². The van der Waals surface area contributed by atoms with Crippen molar-refractivity contribution in [3.8, 4) is 0 Å². The number of guanidine groups is 1. The van der Waals surface area contributed by atoms with E-state index in [9.17, 15) is 0 Å². The third kappa shape index (κ3) is 5.38. The Morgan fingerprint density at radius 3 is 2.82 bits per heavy atom. The number of aromatic nitrogens is 1. The van der Waals surface area contributed by atoms with Gasteiger partial charge in [0.15, 0.2) is 5.96 Å². The lowest BCUT2D eigenvalue weighted by Gasteiger charge is -2.21. The van der Waals surface area contributed by atoms with Crippen LogP contribution in [-0.2, 0) is 6.54 Å². The van der Waals surface area contributed by atoms with Gasteiger partial charge in [-0.3, -0.25) is 0 Å². The Balaban J connectivity index is 1.62. The molecule has 3 rings (SSSR count). The van der Waals surface area contributed by atoms with Crippen LogP contribution >= 0.6 is 15.9 Å². The zero-order chi connectivity index (χ0) is 19.9. The molecule has 1 atom stereocenters. The molecule has 6 nitrogen and oxygen atoms in total. The van der Waals surface area contributed by atoms with E-state index in [1.165, 1.54) is 5.69 Å². The van der Waals surface area contributed by atoms with Crippen molar-refractivity contribution in [3.63, 3.8) is 0 Å². The molecule has 1 aromatic heterocycles. The number of halogens is 1. The molecule has 1 aromatic carbocycles. The Hall–Kier alpha value is -2.28. The van der Waals surface area contributed by atoms with E-state index in [-0.39, 0.29) is 0 Å². The normalized spacial score (nSPS) is 16.9. The fraction of sp³-hybridized carbons (Fsp3) is 0.429. The molecule has 2 heterocycles. The molecule has 1 saturated heterocycles. The average molecular weight is 445 g/mol. The summed E-state index contributed by atoms with van der Waals surface area (Å²) >= 11 is 3.66. The van der Waals surface area contributed by atoms with E-state index in [2.05, 4.69) is 67.6 Å². The van der Waals surface area contributed by atoms with Gasteiger partial charge >= 0.3 is 0 Å². The molecule has 1 fully saturated rings. The van der Waals surface area contributed by atoms with Crippen LogP contribution < -0.4 is 20.4 Å². The van der Waals surface area contributed by atoms with E-state index in [1.54, 1.807) is 0 Å². The van der Waals surface area contributed by atoms with Crippen LogP contribution in [0.15, 0.2) is 51.9 Å².